The number of hydrogen-bond acceptors (Lipinski definition) is 4. The number of halogens is 1. The lowest BCUT2D eigenvalue weighted by Crippen LogP contribution is -2.22. The average molecular weight is 336 g/mol. The number of nitrogens with zero attached hydrogens (tertiary/aromatic N) is 2. The van der Waals surface area contributed by atoms with Crippen molar-refractivity contribution in [2.45, 2.75) is 52.0 Å². The number of rotatable bonds is 6. The molecule has 23 heavy (non-hydrogen) atoms. The molecule has 0 radical (unpaired) electrons. The third kappa shape index (κ3) is 5.67. The van der Waals surface area contributed by atoms with E-state index in [1.807, 2.05) is 45.0 Å². The van der Waals surface area contributed by atoms with Crippen LogP contribution in [-0.2, 0) is 23.2 Å². The minimum absolute atomic E-state index is 0.000496. The Bertz CT molecular complexity index is 662. The maximum atomic E-state index is 11.8. The van der Waals surface area contributed by atoms with Gasteiger partial charge in [0.1, 0.15) is 0 Å². The smallest absolute Gasteiger partial charge is 0.226 e. The standard InChI is InChI=1S/C17H22ClN3O2/c1-17(2,3)16-20-15(23-21-16)9-5-8-14(22)19-11-12-6-4-7-13(18)10-12/h4,6-7,10H,5,8-9,11H2,1-3H3,(H,19,22). The van der Waals surface area contributed by atoms with Crippen molar-refractivity contribution in [3.8, 4) is 0 Å². The Hall–Kier alpha value is -1.88. The van der Waals surface area contributed by atoms with Gasteiger partial charge in [0.2, 0.25) is 11.8 Å². The summed E-state index contributed by atoms with van der Waals surface area (Å²) in [7, 11) is 0. The van der Waals surface area contributed by atoms with Crippen LogP contribution in [0.1, 0.15) is 50.9 Å². The molecular weight excluding hydrogens is 314 g/mol. The third-order valence-electron chi connectivity index (χ3n) is 3.31. The monoisotopic (exact) mass is 335 g/mol. The molecule has 5 nitrogen and oxygen atoms in total. The van der Waals surface area contributed by atoms with E-state index in [2.05, 4.69) is 15.5 Å². The molecule has 0 atom stereocenters. The third-order valence-corrected chi connectivity index (χ3v) is 3.55. The second-order valence-electron chi connectivity index (χ2n) is 6.52. The second kappa shape index (κ2) is 7.59. The summed E-state index contributed by atoms with van der Waals surface area (Å²) in [5.41, 5.74) is 0.855. The number of amides is 1. The van der Waals surface area contributed by atoms with E-state index in [0.29, 0.717) is 42.5 Å². The van der Waals surface area contributed by atoms with Crippen molar-refractivity contribution in [3.05, 3.63) is 46.6 Å². The van der Waals surface area contributed by atoms with Crippen LogP contribution in [0, 0.1) is 0 Å². The van der Waals surface area contributed by atoms with Crippen molar-refractivity contribution in [1.29, 1.82) is 0 Å². The van der Waals surface area contributed by atoms with E-state index in [1.165, 1.54) is 0 Å². The van der Waals surface area contributed by atoms with Gasteiger partial charge in [-0.25, -0.2) is 0 Å². The summed E-state index contributed by atoms with van der Waals surface area (Å²) < 4.78 is 5.21. The summed E-state index contributed by atoms with van der Waals surface area (Å²) in [6, 6.07) is 7.45. The van der Waals surface area contributed by atoms with Gasteiger partial charge in [-0.2, -0.15) is 4.98 Å². The zero-order valence-corrected chi connectivity index (χ0v) is 14.5. The number of carbonyl (C=O) groups is 1. The van der Waals surface area contributed by atoms with Crippen molar-refractivity contribution in [2.24, 2.45) is 0 Å². The van der Waals surface area contributed by atoms with Crippen LogP contribution in [-0.4, -0.2) is 16.0 Å². The van der Waals surface area contributed by atoms with E-state index in [1.54, 1.807) is 0 Å². The van der Waals surface area contributed by atoms with Crippen molar-refractivity contribution < 1.29 is 9.32 Å². The van der Waals surface area contributed by atoms with Gasteiger partial charge in [-0.15, -0.1) is 0 Å². The van der Waals surface area contributed by atoms with Crippen molar-refractivity contribution >= 4 is 17.5 Å². The number of aryl methyl sites for hydroxylation is 1. The molecule has 0 aliphatic carbocycles. The maximum Gasteiger partial charge on any atom is 0.226 e. The number of carbonyl (C=O) groups excluding carboxylic acids is 1. The first-order valence-corrected chi connectivity index (χ1v) is 8.06. The molecule has 0 unspecified atom stereocenters. The molecule has 0 bridgehead atoms. The molecule has 0 fully saturated rings. The molecule has 1 aromatic carbocycles. The van der Waals surface area contributed by atoms with Gasteiger partial charge in [0, 0.05) is 29.8 Å². The number of hydrogen-bond donors (Lipinski definition) is 1. The number of benzene rings is 1. The fourth-order valence-corrected chi connectivity index (χ4v) is 2.21. The van der Waals surface area contributed by atoms with Crippen LogP contribution in [0.5, 0.6) is 0 Å². The zero-order chi connectivity index (χ0) is 16.9. The molecule has 1 amide bonds. The summed E-state index contributed by atoms with van der Waals surface area (Å²) in [6.07, 6.45) is 1.70. The maximum absolute atomic E-state index is 11.8. The molecule has 6 heteroatoms. The van der Waals surface area contributed by atoms with Gasteiger partial charge in [-0.1, -0.05) is 49.7 Å². The average Bonchev–Trinajstić information content (AvgIpc) is 2.94. The van der Waals surface area contributed by atoms with Crippen molar-refractivity contribution in [1.82, 2.24) is 15.5 Å². The van der Waals surface area contributed by atoms with E-state index in [4.69, 9.17) is 16.1 Å². The second-order valence-corrected chi connectivity index (χ2v) is 6.96. The molecule has 124 valence electrons. The lowest BCUT2D eigenvalue weighted by atomic mass is 9.96. The Morgan fingerprint density at radius 2 is 2.13 bits per heavy atom. The van der Waals surface area contributed by atoms with E-state index in [-0.39, 0.29) is 11.3 Å². The molecule has 1 N–H and O–H groups in total. The van der Waals surface area contributed by atoms with Crippen LogP contribution in [0.4, 0.5) is 0 Å². The van der Waals surface area contributed by atoms with Gasteiger partial charge in [0.25, 0.3) is 0 Å². The lowest BCUT2D eigenvalue weighted by molar-refractivity contribution is -0.121. The number of nitrogens with one attached hydrogen (secondary N) is 1. The highest BCUT2D eigenvalue weighted by Crippen LogP contribution is 2.19. The minimum atomic E-state index is -0.129. The van der Waals surface area contributed by atoms with E-state index in [0.717, 1.165) is 5.56 Å². The van der Waals surface area contributed by atoms with E-state index < -0.39 is 0 Å². The molecule has 0 saturated heterocycles. The quantitative estimate of drug-likeness (QED) is 0.874. The highest BCUT2D eigenvalue weighted by molar-refractivity contribution is 6.30. The Balaban J connectivity index is 1.71. The Labute approximate surface area is 141 Å². The predicted octanol–water partition coefficient (Wildman–Crippen LogP) is 3.66. The van der Waals surface area contributed by atoms with Crippen LogP contribution in [0.15, 0.2) is 28.8 Å². The Kier molecular flexibility index (Phi) is 5.77. The summed E-state index contributed by atoms with van der Waals surface area (Å²) in [5.74, 6) is 1.27. The Morgan fingerprint density at radius 1 is 1.35 bits per heavy atom. The van der Waals surface area contributed by atoms with Crippen LogP contribution >= 0.6 is 11.6 Å². The minimum Gasteiger partial charge on any atom is -0.352 e. The summed E-state index contributed by atoms with van der Waals surface area (Å²) in [6.45, 7) is 6.58. The molecule has 1 aromatic heterocycles. The van der Waals surface area contributed by atoms with Crippen LogP contribution < -0.4 is 5.32 Å². The molecule has 0 saturated carbocycles. The topological polar surface area (TPSA) is 68.0 Å². The first-order valence-electron chi connectivity index (χ1n) is 7.69. The largest absolute Gasteiger partial charge is 0.352 e. The van der Waals surface area contributed by atoms with Crippen molar-refractivity contribution in [3.63, 3.8) is 0 Å². The highest BCUT2D eigenvalue weighted by Gasteiger charge is 2.20. The summed E-state index contributed by atoms with van der Waals surface area (Å²) in [4.78, 5) is 16.2. The molecular formula is C17H22ClN3O2. The fraction of sp³-hybridized carbons (Fsp3) is 0.471. The first-order chi connectivity index (χ1) is 10.8. The van der Waals surface area contributed by atoms with Gasteiger partial charge in [0.15, 0.2) is 5.82 Å². The first kappa shape index (κ1) is 17.5. The Morgan fingerprint density at radius 3 is 2.78 bits per heavy atom. The van der Waals surface area contributed by atoms with Crippen LogP contribution in [0.3, 0.4) is 0 Å². The predicted molar refractivity (Wildman–Crippen MR) is 89.2 cm³/mol. The lowest BCUT2D eigenvalue weighted by Gasteiger charge is -2.10. The molecule has 0 spiro atoms. The molecule has 1 heterocycles. The van der Waals surface area contributed by atoms with E-state index in [9.17, 15) is 4.79 Å². The molecule has 0 aliphatic rings. The van der Waals surface area contributed by atoms with Crippen LogP contribution in [0.25, 0.3) is 0 Å². The summed E-state index contributed by atoms with van der Waals surface area (Å²) >= 11 is 5.91. The van der Waals surface area contributed by atoms with Crippen LogP contribution in [0.2, 0.25) is 5.02 Å². The molecule has 2 aromatic rings. The zero-order valence-electron chi connectivity index (χ0n) is 13.7. The molecule has 0 aliphatic heterocycles. The van der Waals surface area contributed by atoms with E-state index >= 15 is 0 Å². The van der Waals surface area contributed by atoms with Gasteiger partial charge in [0.05, 0.1) is 0 Å². The van der Waals surface area contributed by atoms with Gasteiger partial charge in [-0.05, 0) is 24.1 Å². The SMILES string of the molecule is CC(C)(C)c1noc(CCCC(=O)NCc2cccc(Cl)c2)n1. The number of aromatic nitrogens is 2. The highest BCUT2D eigenvalue weighted by atomic mass is 35.5. The molecule has 2 rings (SSSR count). The van der Waals surface area contributed by atoms with Gasteiger partial charge >= 0.3 is 0 Å². The summed E-state index contributed by atoms with van der Waals surface area (Å²) in [5, 5.41) is 7.52. The fourth-order valence-electron chi connectivity index (χ4n) is 2.00. The van der Waals surface area contributed by atoms with Gasteiger partial charge in [-0.3, -0.25) is 4.79 Å². The van der Waals surface area contributed by atoms with Gasteiger partial charge < -0.3 is 9.84 Å². The van der Waals surface area contributed by atoms with Crippen molar-refractivity contribution in [2.75, 3.05) is 0 Å². The normalized spacial score (nSPS) is 11.5.